The quantitative estimate of drug-likeness (QED) is 0.397. The van der Waals surface area contributed by atoms with Crippen molar-refractivity contribution in [2.45, 2.75) is 0 Å². The molecule has 0 bridgehead atoms. The zero-order valence-corrected chi connectivity index (χ0v) is 15.1. The normalized spacial score (nSPS) is 12.1. The van der Waals surface area contributed by atoms with Crippen LogP contribution in [0, 0.1) is 0 Å². The van der Waals surface area contributed by atoms with E-state index in [4.69, 9.17) is 9.47 Å². The molecule has 3 aromatic rings. The number of aromatic nitrogens is 2. The molecule has 28 heavy (non-hydrogen) atoms. The number of hydrogen-bond donors (Lipinski definition) is 2. The summed E-state index contributed by atoms with van der Waals surface area (Å²) in [6, 6.07) is 14.6. The van der Waals surface area contributed by atoms with E-state index in [9.17, 15) is 9.59 Å². The van der Waals surface area contributed by atoms with Crippen LogP contribution in [0.4, 0.5) is 5.13 Å². The summed E-state index contributed by atoms with van der Waals surface area (Å²) in [4.78, 5) is 23.8. The minimum atomic E-state index is -0.923. The lowest BCUT2D eigenvalue weighted by Crippen LogP contribution is -2.32. The Morgan fingerprint density at radius 1 is 1.04 bits per heavy atom. The van der Waals surface area contributed by atoms with Gasteiger partial charge in [-0.25, -0.2) is 5.43 Å². The van der Waals surface area contributed by atoms with Gasteiger partial charge in [0.05, 0.1) is 6.21 Å². The minimum absolute atomic E-state index is 0.171. The van der Waals surface area contributed by atoms with E-state index in [0.29, 0.717) is 22.1 Å². The zero-order valence-electron chi connectivity index (χ0n) is 14.3. The predicted octanol–water partition coefficient (Wildman–Crippen LogP) is 2.02. The number of ether oxygens (including phenoxy) is 2. The zero-order chi connectivity index (χ0) is 19.3. The molecule has 140 valence electrons. The number of hydrazone groups is 1. The van der Waals surface area contributed by atoms with E-state index in [0.717, 1.165) is 5.56 Å². The molecule has 0 aliphatic carbocycles. The summed E-state index contributed by atoms with van der Waals surface area (Å²) in [5.74, 6) is -0.571. The van der Waals surface area contributed by atoms with Crippen LogP contribution in [0.1, 0.15) is 5.56 Å². The molecule has 4 rings (SSSR count). The molecule has 2 N–H and O–H groups in total. The fraction of sp³-hybridized carbons (Fsp3) is 0.0556. The molecular weight excluding hydrogens is 382 g/mol. The van der Waals surface area contributed by atoms with Crippen LogP contribution < -0.4 is 20.2 Å². The van der Waals surface area contributed by atoms with Crippen LogP contribution in [0.2, 0.25) is 0 Å². The van der Waals surface area contributed by atoms with Gasteiger partial charge < -0.3 is 9.47 Å². The Hall–Kier alpha value is -3.79. The first kappa shape index (κ1) is 17.6. The van der Waals surface area contributed by atoms with Crippen molar-refractivity contribution in [3.05, 3.63) is 54.1 Å². The van der Waals surface area contributed by atoms with E-state index in [2.05, 4.69) is 26.0 Å². The second kappa shape index (κ2) is 7.84. The number of benzene rings is 2. The molecule has 0 atom stereocenters. The number of nitrogens with zero attached hydrogens (tertiary/aromatic N) is 3. The lowest BCUT2D eigenvalue weighted by atomic mass is 10.2. The van der Waals surface area contributed by atoms with Crippen LogP contribution in [0.15, 0.2) is 53.6 Å². The minimum Gasteiger partial charge on any atom is -0.454 e. The van der Waals surface area contributed by atoms with Crippen molar-refractivity contribution < 1.29 is 19.1 Å². The Morgan fingerprint density at radius 3 is 2.71 bits per heavy atom. The highest BCUT2D eigenvalue weighted by Gasteiger charge is 2.16. The lowest BCUT2D eigenvalue weighted by molar-refractivity contribution is -0.136. The van der Waals surface area contributed by atoms with Gasteiger partial charge in [-0.1, -0.05) is 41.7 Å². The molecule has 10 heteroatoms. The second-order valence-corrected chi connectivity index (χ2v) is 6.52. The number of nitrogens with one attached hydrogen (secondary N) is 2. The smallest absolute Gasteiger partial charge is 0.329 e. The maximum atomic E-state index is 12.0. The molecule has 0 saturated heterocycles. The molecule has 2 aromatic carbocycles. The van der Waals surface area contributed by atoms with E-state index < -0.39 is 11.8 Å². The average molecular weight is 395 g/mol. The lowest BCUT2D eigenvalue weighted by Gasteiger charge is -2.00. The standard InChI is InChI=1S/C18H13N5O4S/c24-15(20-18-23-22-17(28-18)12-4-2-1-3-5-12)16(25)21-19-9-11-6-7-13-14(8-11)27-10-26-13/h1-9H,10H2,(H,21,25)(H,20,23,24)/b19-9+. The first-order valence-electron chi connectivity index (χ1n) is 8.12. The summed E-state index contributed by atoms with van der Waals surface area (Å²) in [6.07, 6.45) is 1.39. The van der Waals surface area contributed by atoms with E-state index in [-0.39, 0.29) is 11.9 Å². The molecule has 2 amide bonds. The Labute approximate surface area is 163 Å². The third kappa shape index (κ3) is 3.96. The highest BCUT2D eigenvalue weighted by atomic mass is 32.1. The first-order valence-corrected chi connectivity index (χ1v) is 8.94. The summed E-state index contributed by atoms with van der Waals surface area (Å²) in [7, 11) is 0. The Morgan fingerprint density at radius 2 is 1.86 bits per heavy atom. The third-order valence-electron chi connectivity index (χ3n) is 3.65. The largest absolute Gasteiger partial charge is 0.454 e. The number of hydrogen-bond acceptors (Lipinski definition) is 8. The highest BCUT2D eigenvalue weighted by molar-refractivity contribution is 7.18. The van der Waals surface area contributed by atoms with Gasteiger partial charge in [-0.2, -0.15) is 5.10 Å². The van der Waals surface area contributed by atoms with Crippen molar-refractivity contribution in [1.29, 1.82) is 0 Å². The van der Waals surface area contributed by atoms with Crippen LogP contribution in [-0.4, -0.2) is 35.0 Å². The van der Waals surface area contributed by atoms with Crippen molar-refractivity contribution in [1.82, 2.24) is 15.6 Å². The van der Waals surface area contributed by atoms with Gasteiger partial charge in [0.25, 0.3) is 0 Å². The van der Waals surface area contributed by atoms with Crippen LogP contribution >= 0.6 is 11.3 Å². The number of fused-ring (bicyclic) bond motifs is 1. The number of carbonyl (C=O) groups is 2. The van der Waals surface area contributed by atoms with Gasteiger partial charge in [-0.15, -0.1) is 10.2 Å². The summed E-state index contributed by atoms with van der Waals surface area (Å²) >= 11 is 1.17. The van der Waals surface area contributed by atoms with Crippen molar-refractivity contribution in [3.63, 3.8) is 0 Å². The highest BCUT2D eigenvalue weighted by Crippen LogP contribution is 2.32. The molecule has 2 heterocycles. The Balaban J connectivity index is 1.33. The van der Waals surface area contributed by atoms with E-state index in [1.54, 1.807) is 18.2 Å². The fourth-order valence-corrected chi connectivity index (χ4v) is 3.08. The molecule has 1 aliphatic rings. The van der Waals surface area contributed by atoms with E-state index >= 15 is 0 Å². The van der Waals surface area contributed by atoms with Crippen LogP contribution in [0.25, 0.3) is 10.6 Å². The Kier molecular flexibility index (Phi) is 4.93. The monoisotopic (exact) mass is 395 g/mol. The van der Waals surface area contributed by atoms with E-state index in [1.165, 1.54) is 17.6 Å². The maximum Gasteiger partial charge on any atom is 0.329 e. The summed E-state index contributed by atoms with van der Waals surface area (Å²) < 4.78 is 10.5. The van der Waals surface area contributed by atoms with E-state index in [1.807, 2.05) is 30.3 Å². The van der Waals surface area contributed by atoms with Crippen LogP contribution in [0.3, 0.4) is 0 Å². The predicted molar refractivity (Wildman–Crippen MR) is 102 cm³/mol. The van der Waals surface area contributed by atoms with Gasteiger partial charge in [-0.05, 0) is 23.8 Å². The maximum absolute atomic E-state index is 12.0. The molecule has 9 nitrogen and oxygen atoms in total. The van der Waals surface area contributed by atoms with Gasteiger partial charge >= 0.3 is 11.8 Å². The van der Waals surface area contributed by atoms with Gasteiger partial charge in [0, 0.05) is 5.56 Å². The Bertz CT molecular complexity index is 1050. The van der Waals surface area contributed by atoms with Crippen molar-refractivity contribution >= 4 is 34.5 Å². The average Bonchev–Trinajstić information content (AvgIpc) is 3.37. The number of amides is 2. The van der Waals surface area contributed by atoms with Crippen LogP contribution in [-0.2, 0) is 9.59 Å². The van der Waals surface area contributed by atoms with Gasteiger partial charge in [0.15, 0.2) is 11.5 Å². The van der Waals surface area contributed by atoms with Gasteiger partial charge in [0.2, 0.25) is 11.9 Å². The first-order chi connectivity index (χ1) is 13.7. The second-order valence-electron chi connectivity index (χ2n) is 5.54. The summed E-state index contributed by atoms with van der Waals surface area (Å²) in [5, 5.41) is 14.9. The molecule has 0 radical (unpaired) electrons. The summed E-state index contributed by atoms with van der Waals surface area (Å²) in [5.41, 5.74) is 3.72. The topological polar surface area (TPSA) is 115 Å². The fourth-order valence-electron chi connectivity index (χ4n) is 2.33. The molecule has 0 unspecified atom stereocenters. The van der Waals surface area contributed by atoms with Crippen molar-refractivity contribution in [2.24, 2.45) is 5.10 Å². The molecule has 1 aromatic heterocycles. The van der Waals surface area contributed by atoms with Gasteiger partial charge in [-0.3, -0.25) is 14.9 Å². The molecule has 0 fully saturated rings. The van der Waals surface area contributed by atoms with Crippen LogP contribution in [0.5, 0.6) is 11.5 Å². The number of anilines is 1. The molecular formula is C18H13N5O4S. The van der Waals surface area contributed by atoms with Crippen molar-refractivity contribution in [3.8, 4) is 22.1 Å². The SMILES string of the molecule is O=C(N/N=C/c1ccc2c(c1)OCO2)C(=O)Nc1nnc(-c2ccccc2)s1. The number of carbonyl (C=O) groups excluding carboxylic acids is 2. The number of rotatable bonds is 4. The molecule has 1 aliphatic heterocycles. The molecule has 0 spiro atoms. The van der Waals surface area contributed by atoms with Crippen molar-refractivity contribution in [2.75, 3.05) is 12.1 Å². The third-order valence-corrected chi connectivity index (χ3v) is 4.54. The summed E-state index contributed by atoms with van der Waals surface area (Å²) in [6.45, 7) is 0.171. The van der Waals surface area contributed by atoms with Gasteiger partial charge in [0.1, 0.15) is 5.01 Å². The molecule has 0 saturated carbocycles.